The smallest absolute Gasteiger partial charge is 0.263 e. The predicted octanol–water partition coefficient (Wildman–Crippen LogP) is 3.44. The third-order valence-corrected chi connectivity index (χ3v) is 7.46. The molecule has 26 heavy (non-hydrogen) atoms. The molecule has 0 bridgehead atoms. The molecule has 7 heteroatoms. The molecule has 0 saturated carbocycles. The van der Waals surface area contributed by atoms with Gasteiger partial charge >= 0.3 is 0 Å². The summed E-state index contributed by atoms with van der Waals surface area (Å²) in [6, 6.07) is 0. The van der Waals surface area contributed by atoms with E-state index in [1.54, 1.807) is 22.8 Å². The van der Waals surface area contributed by atoms with Crippen molar-refractivity contribution < 1.29 is 9.53 Å². The van der Waals surface area contributed by atoms with Gasteiger partial charge in [0.2, 0.25) is 0 Å². The molecule has 140 valence electrons. The third kappa shape index (κ3) is 3.49. The highest BCUT2D eigenvalue weighted by Crippen LogP contribution is 2.36. The van der Waals surface area contributed by atoms with E-state index in [2.05, 4.69) is 6.92 Å². The number of rotatable bonds is 5. The first-order valence-corrected chi connectivity index (χ1v) is 11.1. The molecule has 0 amide bonds. The van der Waals surface area contributed by atoms with Crippen LogP contribution in [0.2, 0.25) is 0 Å². The molecule has 3 heterocycles. The number of aromatic nitrogens is 2. The summed E-state index contributed by atoms with van der Waals surface area (Å²) >= 11 is 3.03. The Morgan fingerprint density at radius 2 is 2.27 bits per heavy atom. The molecule has 1 fully saturated rings. The maximum atomic E-state index is 13.4. The number of fused-ring (bicyclic) bond motifs is 3. The topological polar surface area (TPSA) is 61.2 Å². The Labute approximate surface area is 161 Å². The number of hydrogen-bond donors (Lipinski definition) is 0. The number of aryl methyl sites for hydroxylation is 1. The summed E-state index contributed by atoms with van der Waals surface area (Å²) in [4.78, 5) is 31.8. The summed E-state index contributed by atoms with van der Waals surface area (Å²) in [5, 5.41) is 1.46. The van der Waals surface area contributed by atoms with E-state index in [4.69, 9.17) is 9.72 Å². The Bertz CT molecular complexity index is 896. The summed E-state index contributed by atoms with van der Waals surface area (Å²) < 4.78 is 7.51. The number of hydrogen-bond acceptors (Lipinski definition) is 6. The van der Waals surface area contributed by atoms with Crippen molar-refractivity contribution in [2.75, 3.05) is 12.4 Å². The number of thiophene rings is 1. The molecule has 0 N–H and O–H groups in total. The molecule has 1 saturated heterocycles. The summed E-state index contributed by atoms with van der Waals surface area (Å²) in [5.74, 6) is 1.09. The number of thioether (sulfide) groups is 1. The second kappa shape index (κ2) is 7.44. The van der Waals surface area contributed by atoms with Gasteiger partial charge in [-0.2, -0.15) is 0 Å². The lowest BCUT2D eigenvalue weighted by Crippen LogP contribution is -2.29. The maximum absolute atomic E-state index is 13.4. The Hall–Kier alpha value is -1.18. The van der Waals surface area contributed by atoms with Crippen molar-refractivity contribution in [1.29, 1.82) is 0 Å². The van der Waals surface area contributed by atoms with Crippen molar-refractivity contribution in [3.8, 4) is 0 Å². The quantitative estimate of drug-likeness (QED) is 0.576. The fraction of sp³-hybridized carbons (Fsp3) is 0.632. The second-order valence-corrected chi connectivity index (χ2v) is 9.49. The van der Waals surface area contributed by atoms with Gasteiger partial charge in [-0.05, 0) is 50.5 Å². The van der Waals surface area contributed by atoms with Crippen LogP contribution in [0.5, 0.6) is 0 Å². The lowest BCUT2D eigenvalue weighted by Gasteiger charge is -2.18. The fourth-order valence-corrected chi connectivity index (χ4v) is 6.07. The summed E-state index contributed by atoms with van der Waals surface area (Å²) in [5.41, 5.74) is 1.26. The highest BCUT2D eigenvalue weighted by molar-refractivity contribution is 7.99. The van der Waals surface area contributed by atoms with E-state index in [0.717, 1.165) is 48.9 Å². The van der Waals surface area contributed by atoms with Gasteiger partial charge in [0, 0.05) is 11.5 Å². The monoisotopic (exact) mass is 392 g/mol. The van der Waals surface area contributed by atoms with Crippen molar-refractivity contribution in [2.45, 2.75) is 63.8 Å². The normalized spacial score (nSPS) is 22.7. The Kier molecular flexibility index (Phi) is 5.21. The molecule has 5 nitrogen and oxygen atoms in total. The molecule has 0 aromatic carbocycles. The van der Waals surface area contributed by atoms with Crippen LogP contribution in [-0.2, 0) is 28.9 Å². The van der Waals surface area contributed by atoms with Gasteiger partial charge in [0.15, 0.2) is 5.16 Å². The van der Waals surface area contributed by atoms with Crippen LogP contribution in [0, 0.1) is 5.92 Å². The number of Topliss-reactive ketones (excluding diaryl/α,β-unsaturated/α-hetero) is 1. The molecular weight excluding hydrogens is 368 g/mol. The van der Waals surface area contributed by atoms with Gasteiger partial charge in [0.1, 0.15) is 10.6 Å². The largest absolute Gasteiger partial charge is 0.376 e. The number of ketones is 1. The van der Waals surface area contributed by atoms with E-state index in [9.17, 15) is 9.59 Å². The number of ether oxygens (including phenoxy) is 1. The molecule has 0 spiro atoms. The van der Waals surface area contributed by atoms with E-state index >= 15 is 0 Å². The second-order valence-electron chi connectivity index (χ2n) is 7.47. The van der Waals surface area contributed by atoms with Gasteiger partial charge in [-0.15, -0.1) is 11.3 Å². The van der Waals surface area contributed by atoms with Crippen LogP contribution < -0.4 is 5.56 Å². The molecule has 4 rings (SSSR count). The average molecular weight is 393 g/mol. The van der Waals surface area contributed by atoms with Crippen LogP contribution in [0.3, 0.4) is 0 Å². The molecule has 1 aliphatic carbocycles. The van der Waals surface area contributed by atoms with Gasteiger partial charge < -0.3 is 4.74 Å². The van der Waals surface area contributed by atoms with Crippen LogP contribution in [-0.4, -0.2) is 33.8 Å². The average Bonchev–Trinajstić information content (AvgIpc) is 3.22. The van der Waals surface area contributed by atoms with Crippen molar-refractivity contribution >= 4 is 39.1 Å². The molecule has 1 aliphatic heterocycles. The third-order valence-electron chi connectivity index (χ3n) is 5.19. The maximum Gasteiger partial charge on any atom is 0.263 e. The molecule has 0 radical (unpaired) electrons. The first kappa shape index (κ1) is 18.2. The van der Waals surface area contributed by atoms with E-state index in [1.165, 1.54) is 22.2 Å². The summed E-state index contributed by atoms with van der Waals surface area (Å²) in [7, 11) is 0. The molecule has 2 aromatic rings. The van der Waals surface area contributed by atoms with Gasteiger partial charge in [-0.3, -0.25) is 14.2 Å². The van der Waals surface area contributed by atoms with Crippen molar-refractivity contribution in [2.24, 2.45) is 5.92 Å². The standard InChI is InChI=1S/C19H24N2O3S2/c1-11-5-6-14-15(8-11)26-17-16(14)18(23)21(9-13-4-3-7-24-13)19(20-17)25-10-12(2)22/h11,13H,3-10H2,1-2H3/t11-,13-/m0/s1. The lowest BCUT2D eigenvalue weighted by atomic mass is 9.89. The Morgan fingerprint density at radius 3 is 3.00 bits per heavy atom. The van der Waals surface area contributed by atoms with Gasteiger partial charge in [0.25, 0.3) is 5.56 Å². The van der Waals surface area contributed by atoms with E-state index in [-0.39, 0.29) is 17.4 Å². The minimum absolute atomic E-state index is 0.0450. The number of carbonyl (C=O) groups is 1. The zero-order valence-electron chi connectivity index (χ0n) is 15.2. The summed E-state index contributed by atoms with van der Waals surface area (Å²) in [6.07, 6.45) is 5.21. The zero-order valence-corrected chi connectivity index (χ0v) is 16.9. The van der Waals surface area contributed by atoms with E-state index in [1.807, 2.05) is 0 Å². The van der Waals surface area contributed by atoms with Crippen molar-refractivity contribution in [3.05, 3.63) is 20.8 Å². The highest BCUT2D eigenvalue weighted by atomic mass is 32.2. The Balaban J connectivity index is 1.81. The van der Waals surface area contributed by atoms with Gasteiger partial charge in [-0.25, -0.2) is 4.98 Å². The fourth-order valence-electron chi connectivity index (χ4n) is 3.83. The SMILES string of the molecule is CC(=O)CSc1nc2sc3c(c2c(=O)n1C[C@@H]1CCCO1)CC[C@H](C)C3. The highest BCUT2D eigenvalue weighted by Gasteiger charge is 2.26. The zero-order chi connectivity index (χ0) is 18.3. The van der Waals surface area contributed by atoms with Crippen molar-refractivity contribution in [1.82, 2.24) is 9.55 Å². The molecule has 2 atom stereocenters. The van der Waals surface area contributed by atoms with Crippen LogP contribution in [0.25, 0.3) is 10.2 Å². The molecule has 2 aliphatic rings. The van der Waals surface area contributed by atoms with E-state index < -0.39 is 0 Å². The predicted molar refractivity (Wildman–Crippen MR) is 105 cm³/mol. The van der Waals surface area contributed by atoms with Crippen LogP contribution in [0.1, 0.15) is 43.6 Å². The minimum Gasteiger partial charge on any atom is -0.376 e. The van der Waals surface area contributed by atoms with Crippen molar-refractivity contribution in [3.63, 3.8) is 0 Å². The number of nitrogens with zero attached hydrogens (tertiary/aromatic N) is 2. The number of carbonyl (C=O) groups excluding carboxylic acids is 1. The summed E-state index contributed by atoms with van der Waals surface area (Å²) in [6.45, 7) is 5.13. The van der Waals surface area contributed by atoms with Gasteiger partial charge in [-0.1, -0.05) is 18.7 Å². The molecule has 0 unspecified atom stereocenters. The van der Waals surface area contributed by atoms with Crippen LogP contribution in [0.15, 0.2) is 9.95 Å². The first-order chi connectivity index (χ1) is 12.5. The molecular formula is C19H24N2O3S2. The first-order valence-electron chi connectivity index (χ1n) is 9.32. The van der Waals surface area contributed by atoms with Crippen LogP contribution >= 0.6 is 23.1 Å². The lowest BCUT2D eigenvalue weighted by molar-refractivity contribution is -0.114. The van der Waals surface area contributed by atoms with Crippen LogP contribution in [0.4, 0.5) is 0 Å². The molecule has 2 aromatic heterocycles. The van der Waals surface area contributed by atoms with E-state index in [0.29, 0.717) is 23.4 Å². The van der Waals surface area contributed by atoms with Gasteiger partial charge in [0.05, 0.1) is 23.8 Å². The minimum atomic E-state index is 0.0450. The Morgan fingerprint density at radius 1 is 1.42 bits per heavy atom.